The summed E-state index contributed by atoms with van der Waals surface area (Å²) >= 11 is 0. The van der Waals surface area contributed by atoms with Crippen LogP contribution in [0.2, 0.25) is 0 Å². The molecule has 0 radical (unpaired) electrons. The van der Waals surface area contributed by atoms with Crippen LogP contribution in [0.5, 0.6) is 0 Å². The molecule has 0 saturated heterocycles. The van der Waals surface area contributed by atoms with Crippen molar-refractivity contribution in [3.05, 3.63) is 84.2 Å². The van der Waals surface area contributed by atoms with Crippen LogP contribution < -0.4 is 10.6 Å². The van der Waals surface area contributed by atoms with Gasteiger partial charge in [-0.15, -0.1) is 24.8 Å². The lowest BCUT2D eigenvalue weighted by Gasteiger charge is -2.08. The van der Waals surface area contributed by atoms with Crippen molar-refractivity contribution < 1.29 is 0 Å². The van der Waals surface area contributed by atoms with Crippen molar-refractivity contribution in [2.45, 2.75) is 13.1 Å². The first-order chi connectivity index (χ1) is 10.9. The average molecular weight is 363 g/mol. The van der Waals surface area contributed by atoms with Gasteiger partial charge in [-0.1, -0.05) is 36.4 Å². The van der Waals surface area contributed by atoms with Gasteiger partial charge < -0.3 is 10.6 Å². The smallest absolute Gasteiger partial charge is 0.126 e. The summed E-state index contributed by atoms with van der Waals surface area (Å²) in [5, 5.41) is 6.60. The van der Waals surface area contributed by atoms with Crippen molar-refractivity contribution >= 4 is 36.4 Å². The molecular weight excluding hydrogens is 343 g/mol. The fraction of sp³-hybridized carbons (Fsp3) is 0.111. The lowest BCUT2D eigenvalue weighted by atomic mass is 10.1. The molecule has 0 fully saturated rings. The Hall–Kier alpha value is -2.30. The minimum atomic E-state index is 0. The first kappa shape index (κ1) is 19.7. The maximum atomic E-state index is 4.25. The molecule has 0 aliphatic heterocycles. The predicted molar refractivity (Wildman–Crippen MR) is 104 cm³/mol. The molecule has 4 nitrogen and oxygen atoms in total. The molecule has 3 rings (SSSR count). The van der Waals surface area contributed by atoms with Gasteiger partial charge in [0.1, 0.15) is 11.6 Å². The number of hydrogen-bond acceptors (Lipinski definition) is 4. The molecule has 0 atom stereocenters. The van der Waals surface area contributed by atoms with E-state index in [-0.39, 0.29) is 24.8 Å². The number of nitrogens with zero attached hydrogens (tertiary/aromatic N) is 2. The van der Waals surface area contributed by atoms with Crippen molar-refractivity contribution in [2.75, 3.05) is 10.6 Å². The van der Waals surface area contributed by atoms with E-state index in [2.05, 4.69) is 44.9 Å². The minimum absolute atomic E-state index is 0. The topological polar surface area (TPSA) is 49.8 Å². The molecule has 6 heteroatoms. The molecule has 24 heavy (non-hydrogen) atoms. The zero-order chi connectivity index (χ0) is 15.0. The SMILES string of the molecule is Cl.Cl.c1ccc(NCc2ccc(CNc3ccccn3)cc2)nc1. The van der Waals surface area contributed by atoms with E-state index >= 15 is 0 Å². The lowest BCUT2D eigenvalue weighted by molar-refractivity contribution is 1.08. The maximum Gasteiger partial charge on any atom is 0.126 e. The summed E-state index contributed by atoms with van der Waals surface area (Å²) in [5.74, 6) is 1.78. The number of benzene rings is 1. The zero-order valence-corrected chi connectivity index (χ0v) is 14.7. The Labute approximate surface area is 154 Å². The number of halogens is 2. The number of aromatic nitrogens is 2. The number of nitrogens with one attached hydrogen (secondary N) is 2. The van der Waals surface area contributed by atoms with Gasteiger partial charge >= 0.3 is 0 Å². The fourth-order valence-electron chi connectivity index (χ4n) is 2.09. The van der Waals surface area contributed by atoms with Crippen molar-refractivity contribution in [2.24, 2.45) is 0 Å². The third-order valence-corrected chi connectivity index (χ3v) is 3.30. The van der Waals surface area contributed by atoms with Crippen LogP contribution in [0.15, 0.2) is 73.1 Å². The van der Waals surface area contributed by atoms with Crippen LogP contribution in [0.3, 0.4) is 0 Å². The first-order valence-corrected chi connectivity index (χ1v) is 7.28. The molecule has 0 unspecified atom stereocenters. The second-order valence-electron chi connectivity index (χ2n) is 4.95. The van der Waals surface area contributed by atoms with Crippen molar-refractivity contribution in [3.63, 3.8) is 0 Å². The molecule has 126 valence electrons. The summed E-state index contributed by atoms with van der Waals surface area (Å²) in [6.07, 6.45) is 3.57. The summed E-state index contributed by atoms with van der Waals surface area (Å²) in [7, 11) is 0. The summed E-state index contributed by atoms with van der Waals surface area (Å²) < 4.78 is 0. The lowest BCUT2D eigenvalue weighted by Crippen LogP contribution is -2.03. The van der Waals surface area contributed by atoms with Gasteiger partial charge in [-0.3, -0.25) is 0 Å². The fourth-order valence-corrected chi connectivity index (χ4v) is 2.09. The Morgan fingerprint density at radius 1 is 0.583 bits per heavy atom. The molecular formula is C18H20Cl2N4. The molecule has 2 heterocycles. The van der Waals surface area contributed by atoms with Gasteiger partial charge in [0.15, 0.2) is 0 Å². The number of rotatable bonds is 6. The van der Waals surface area contributed by atoms with E-state index < -0.39 is 0 Å². The van der Waals surface area contributed by atoms with Gasteiger partial charge in [0.2, 0.25) is 0 Å². The Kier molecular flexibility index (Phi) is 8.61. The van der Waals surface area contributed by atoms with Gasteiger partial charge in [-0.25, -0.2) is 9.97 Å². The first-order valence-electron chi connectivity index (χ1n) is 7.28. The van der Waals surface area contributed by atoms with E-state index in [1.165, 1.54) is 11.1 Å². The Morgan fingerprint density at radius 3 is 1.33 bits per heavy atom. The van der Waals surface area contributed by atoms with E-state index in [0.29, 0.717) is 0 Å². The molecule has 0 aliphatic rings. The molecule has 0 amide bonds. The molecule has 2 aromatic heterocycles. The summed E-state index contributed by atoms with van der Waals surface area (Å²) in [5.41, 5.74) is 2.46. The quantitative estimate of drug-likeness (QED) is 0.675. The van der Waals surface area contributed by atoms with Crippen molar-refractivity contribution in [3.8, 4) is 0 Å². The summed E-state index contributed by atoms with van der Waals surface area (Å²) in [6.45, 7) is 1.54. The maximum absolute atomic E-state index is 4.25. The highest BCUT2D eigenvalue weighted by molar-refractivity contribution is 5.85. The largest absolute Gasteiger partial charge is 0.366 e. The summed E-state index contributed by atoms with van der Waals surface area (Å²) in [6, 6.07) is 20.2. The monoisotopic (exact) mass is 362 g/mol. The van der Waals surface area contributed by atoms with Crippen LogP contribution in [-0.4, -0.2) is 9.97 Å². The molecule has 2 N–H and O–H groups in total. The van der Waals surface area contributed by atoms with Gasteiger partial charge in [0.25, 0.3) is 0 Å². The van der Waals surface area contributed by atoms with Crippen molar-refractivity contribution in [1.82, 2.24) is 9.97 Å². The number of pyridine rings is 2. The van der Waals surface area contributed by atoms with Crippen LogP contribution >= 0.6 is 24.8 Å². The van der Waals surface area contributed by atoms with E-state index in [1.54, 1.807) is 12.4 Å². The highest BCUT2D eigenvalue weighted by Crippen LogP contribution is 2.09. The van der Waals surface area contributed by atoms with Crippen LogP contribution in [0.1, 0.15) is 11.1 Å². The van der Waals surface area contributed by atoms with Gasteiger partial charge in [-0.05, 0) is 35.4 Å². The van der Waals surface area contributed by atoms with Gasteiger partial charge in [0.05, 0.1) is 0 Å². The Balaban J connectivity index is 0.00000144. The molecule has 3 aromatic rings. The Bertz CT molecular complexity index is 629. The molecule has 0 spiro atoms. The van der Waals surface area contributed by atoms with Gasteiger partial charge in [0, 0.05) is 25.5 Å². The molecule has 0 aliphatic carbocycles. The second-order valence-corrected chi connectivity index (χ2v) is 4.95. The molecule has 1 aromatic carbocycles. The summed E-state index contributed by atoms with van der Waals surface area (Å²) in [4.78, 5) is 8.49. The zero-order valence-electron chi connectivity index (χ0n) is 13.1. The van der Waals surface area contributed by atoms with Crippen LogP contribution in [-0.2, 0) is 13.1 Å². The van der Waals surface area contributed by atoms with Crippen molar-refractivity contribution in [1.29, 1.82) is 0 Å². The molecule has 0 saturated carbocycles. The highest BCUT2D eigenvalue weighted by Gasteiger charge is 1.97. The van der Waals surface area contributed by atoms with Crippen LogP contribution in [0, 0.1) is 0 Å². The minimum Gasteiger partial charge on any atom is -0.366 e. The van der Waals surface area contributed by atoms with Crippen LogP contribution in [0.4, 0.5) is 11.6 Å². The third-order valence-electron chi connectivity index (χ3n) is 3.30. The van der Waals surface area contributed by atoms with Crippen LogP contribution in [0.25, 0.3) is 0 Å². The van der Waals surface area contributed by atoms with E-state index in [0.717, 1.165) is 24.7 Å². The standard InChI is InChI=1S/C18H18N4.2ClH/c1-3-11-19-17(5-1)21-13-15-7-9-16(10-8-15)14-22-18-6-2-4-12-20-18;;/h1-12H,13-14H2,(H,19,21)(H,20,22);2*1H. The van der Waals surface area contributed by atoms with E-state index in [9.17, 15) is 0 Å². The van der Waals surface area contributed by atoms with Gasteiger partial charge in [-0.2, -0.15) is 0 Å². The highest BCUT2D eigenvalue weighted by atomic mass is 35.5. The van der Waals surface area contributed by atoms with E-state index in [4.69, 9.17) is 0 Å². The Morgan fingerprint density at radius 2 is 1.00 bits per heavy atom. The number of anilines is 2. The van der Waals surface area contributed by atoms with E-state index in [1.807, 2.05) is 36.4 Å². The average Bonchev–Trinajstić information content (AvgIpc) is 2.61. The second kappa shape index (κ2) is 10.5. The predicted octanol–water partition coefficient (Wildman–Crippen LogP) is 4.54. The third kappa shape index (κ3) is 6.07. The number of hydrogen-bond donors (Lipinski definition) is 2. The normalized spacial score (nSPS) is 9.33. The molecule has 0 bridgehead atoms.